The molecule has 2 aliphatic rings. The van der Waals surface area contributed by atoms with Crippen molar-refractivity contribution in [1.82, 2.24) is 9.80 Å². The Labute approximate surface area is 113 Å². The first-order chi connectivity index (χ1) is 8.99. The summed E-state index contributed by atoms with van der Waals surface area (Å²) in [4.78, 5) is 27.2. The molecule has 6 heteroatoms. The molecule has 2 saturated heterocycles. The van der Waals surface area contributed by atoms with E-state index >= 15 is 0 Å². The number of ether oxygens (including phenoxy) is 1. The van der Waals surface area contributed by atoms with E-state index in [0.717, 1.165) is 19.3 Å². The predicted molar refractivity (Wildman–Crippen MR) is 69.0 cm³/mol. The van der Waals surface area contributed by atoms with E-state index in [1.54, 1.807) is 18.9 Å². The molecule has 108 valence electrons. The molecular formula is C13H22N2O4. The molecule has 19 heavy (non-hydrogen) atoms. The second-order valence-electron chi connectivity index (χ2n) is 5.56. The molecule has 0 aliphatic carbocycles. The molecule has 0 bridgehead atoms. The number of aliphatic carboxylic acids is 1. The van der Waals surface area contributed by atoms with Gasteiger partial charge in [0.15, 0.2) is 0 Å². The van der Waals surface area contributed by atoms with E-state index in [0.29, 0.717) is 26.1 Å². The number of urea groups is 1. The Balaban J connectivity index is 2.10. The van der Waals surface area contributed by atoms with Crippen molar-refractivity contribution >= 4 is 12.0 Å². The van der Waals surface area contributed by atoms with Crippen LogP contribution in [0.5, 0.6) is 0 Å². The number of carboxylic acids is 1. The predicted octanol–water partition coefficient (Wildman–Crippen LogP) is 1.16. The summed E-state index contributed by atoms with van der Waals surface area (Å²) in [7, 11) is 1.64. The van der Waals surface area contributed by atoms with Gasteiger partial charge in [-0.1, -0.05) is 0 Å². The van der Waals surface area contributed by atoms with Crippen LogP contribution in [0.4, 0.5) is 4.79 Å². The van der Waals surface area contributed by atoms with Crippen LogP contribution in [0.3, 0.4) is 0 Å². The largest absolute Gasteiger partial charge is 0.480 e. The third-order valence-electron chi connectivity index (χ3n) is 4.33. The molecule has 2 fully saturated rings. The first-order valence-electron chi connectivity index (χ1n) is 6.82. The molecule has 0 radical (unpaired) electrons. The topological polar surface area (TPSA) is 70.1 Å². The fourth-order valence-corrected chi connectivity index (χ4v) is 2.92. The number of carbonyl (C=O) groups excluding carboxylic acids is 1. The molecule has 2 heterocycles. The summed E-state index contributed by atoms with van der Waals surface area (Å²) in [6.07, 6.45) is 3.14. The van der Waals surface area contributed by atoms with Gasteiger partial charge in [-0.25, -0.2) is 9.59 Å². The highest BCUT2D eigenvalue weighted by molar-refractivity contribution is 5.86. The number of rotatable bonds is 2. The van der Waals surface area contributed by atoms with Crippen molar-refractivity contribution < 1.29 is 19.4 Å². The van der Waals surface area contributed by atoms with E-state index in [1.807, 2.05) is 0 Å². The number of piperidine rings is 1. The van der Waals surface area contributed by atoms with Crippen LogP contribution in [0.25, 0.3) is 0 Å². The Hall–Kier alpha value is -1.30. The van der Waals surface area contributed by atoms with Gasteiger partial charge in [0, 0.05) is 26.7 Å². The molecule has 2 atom stereocenters. The molecule has 0 aromatic carbocycles. The molecule has 2 unspecified atom stereocenters. The summed E-state index contributed by atoms with van der Waals surface area (Å²) in [6, 6.07) is -0.163. The first kappa shape index (κ1) is 14.1. The third-order valence-corrected chi connectivity index (χ3v) is 4.33. The minimum absolute atomic E-state index is 0.0739. The van der Waals surface area contributed by atoms with E-state index in [1.165, 1.54) is 4.90 Å². The number of likely N-dealkylation sites (tertiary alicyclic amines) is 2. The molecule has 1 N–H and O–H groups in total. The van der Waals surface area contributed by atoms with Crippen molar-refractivity contribution in [2.45, 2.75) is 44.2 Å². The van der Waals surface area contributed by atoms with Gasteiger partial charge < -0.3 is 19.6 Å². The number of nitrogens with zero attached hydrogens (tertiary/aromatic N) is 2. The molecule has 0 aromatic rings. The van der Waals surface area contributed by atoms with Gasteiger partial charge in [0.25, 0.3) is 0 Å². The summed E-state index contributed by atoms with van der Waals surface area (Å²) in [5, 5.41) is 9.42. The number of amides is 2. The number of hydrogen-bond acceptors (Lipinski definition) is 3. The lowest BCUT2D eigenvalue weighted by Gasteiger charge is -2.43. The van der Waals surface area contributed by atoms with Crippen molar-refractivity contribution in [3.05, 3.63) is 0 Å². The van der Waals surface area contributed by atoms with Crippen molar-refractivity contribution in [2.75, 3.05) is 26.7 Å². The molecule has 0 spiro atoms. The van der Waals surface area contributed by atoms with Crippen molar-refractivity contribution in [3.8, 4) is 0 Å². The van der Waals surface area contributed by atoms with Crippen LogP contribution >= 0.6 is 0 Å². The zero-order valence-corrected chi connectivity index (χ0v) is 11.6. The summed E-state index contributed by atoms with van der Waals surface area (Å²) in [6.45, 7) is 3.37. The van der Waals surface area contributed by atoms with Gasteiger partial charge in [-0.3, -0.25) is 0 Å². The average molecular weight is 270 g/mol. The van der Waals surface area contributed by atoms with Gasteiger partial charge in [0.1, 0.15) is 5.54 Å². The van der Waals surface area contributed by atoms with Crippen LogP contribution in [0.1, 0.15) is 32.6 Å². The lowest BCUT2D eigenvalue weighted by atomic mass is 9.89. The zero-order chi connectivity index (χ0) is 14.0. The van der Waals surface area contributed by atoms with Gasteiger partial charge >= 0.3 is 12.0 Å². The van der Waals surface area contributed by atoms with Crippen LogP contribution in [-0.4, -0.2) is 65.3 Å². The Kier molecular flexibility index (Phi) is 3.99. The van der Waals surface area contributed by atoms with Crippen molar-refractivity contribution in [1.29, 1.82) is 0 Å². The highest BCUT2D eigenvalue weighted by Gasteiger charge is 2.46. The summed E-state index contributed by atoms with van der Waals surface area (Å²) in [5.74, 6) is -0.914. The molecule has 0 aromatic heterocycles. The van der Waals surface area contributed by atoms with Gasteiger partial charge in [0.05, 0.1) is 6.10 Å². The molecule has 6 nitrogen and oxygen atoms in total. The first-order valence-corrected chi connectivity index (χ1v) is 6.82. The molecule has 2 aliphatic heterocycles. The Bertz CT molecular complexity index is 374. The maximum absolute atomic E-state index is 12.5. The summed E-state index contributed by atoms with van der Waals surface area (Å²) >= 11 is 0. The van der Waals surface area contributed by atoms with Gasteiger partial charge in [0.2, 0.25) is 0 Å². The lowest BCUT2D eigenvalue weighted by molar-refractivity contribution is -0.150. The molecular weight excluding hydrogens is 248 g/mol. The van der Waals surface area contributed by atoms with Crippen molar-refractivity contribution in [3.63, 3.8) is 0 Å². The van der Waals surface area contributed by atoms with E-state index in [9.17, 15) is 14.7 Å². The van der Waals surface area contributed by atoms with Crippen LogP contribution < -0.4 is 0 Å². The molecule has 2 rings (SSSR count). The quantitative estimate of drug-likeness (QED) is 0.817. The van der Waals surface area contributed by atoms with Crippen LogP contribution in [0.15, 0.2) is 0 Å². The van der Waals surface area contributed by atoms with Crippen molar-refractivity contribution in [2.24, 2.45) is 0 Å². The minimum atomic E-state index is -1.07. The van der Waals surface area contributed by atoms with Gasteiger partial charge in [-0.15, -0.1) is 0 Å². The number of methoxy groups -OCH3 is 1. The standard InChI is InChI=1S/C13H22N2O4/c1-13(11(16)17)6-3-4-7-15(13)12(18)14-8-5-10(9-14)19-2/h10H,3-9H2,1-2H3,(H,16,17). The van der Waals surface area contributed by atoms with E-state index in [2.05, 4.69) is 0 Å². The number of hydrogen-bond donors (Lipinski definition) is 1. The number of carbonyl (C=O) groups is 2. The average Bonchev–Trinajstić information content (AvgIpc) is 2.87. The lowest BCUT2D eigenvalue weighted by Crippen LogP contribution is -2.60. The fraction of sp³-hybridized carbons (Fsp3) is 0.846. The smallest absolute Gasteiger partial charge is 0.329 e. The normalized spacial score (nSPS) is 31.6. The maximum atomic E-state index is 12.5. The summed E-state index contributed by atoms with van der Waals surface area (Å²) in [5.41, 5.74) is -1.07. The Morgan fingerprint density at radius 1 is 1.32 bits per heavy atom. The van der Waals surface area contributed by atoms with Crippen LogP contribution in [0.2, 0.25) is 0 Å². The Morgan fingerprint density at radius 2 is 2.05 bits per heavy atom. The van der Waals surface area contributed by atoms with E-state index in [4.69, 9.17) is 4.74 Å². The second kappa shape index (κ2) is 5.36. The van der Waals surface area contributed by atoms with Crippen LogP contribution in [0, 0.1) is 0 Å². The van der Waals surface area contributed by atoms with E-state index in [-0.39, 0.29) is 12.1 Å². The minimum Gasteiger partial charge on any atom is -0.480 e. The zero-order valence-electron chi connectivity index (χ0n) is 11.6. The molecule has 0 saturated carbocycles. The number of carboxylic acid groups (broad SMARTS) is 1. The maximum Gasteiger partial charge on any atom is 0.329 e. The fourth-order valence-electron chi connectivity index (χ4n) is 2.92. The van der Waals surface area contributed by atoms with Gasteiger partial charge in [-0.05, 0) is 32.6 Å². The highest BCUT2D eigenvalue weighted by atomic mass is 16.5. The summed E-state index contributed by atoms with van der Waals surface area (Å²) < 4.78 is 5.25. The Morgan fingerprint density at radius 3 is 2.63 bits per heavy atom. The monoisotopic (exact) mass is 270 g/mol. The second-order valence-corrected chi connectivity index (χ2v) is 5.56. The highest BCUT2D eigenvalue weighted by Crippen LogP contribution is 2.30. The van der Waals surface area contributed by atoms with E-state index < -0.39 is 11.5 Å². The third kappa shape index (κ3) is 2.54. The molecule has 2 amide bonds. The SMILES string of the molecule is COC1CCN(C(=O)N2CCCCC2(C)C(=O)O)C1. The van der Waals surface area contributed by atoms with Gasteiger partial charge in [-0.2, -0.15) is 0 Å². The van der Waals surface area contributed by atoms with Crippen LogP contribution in [-0.2, 0) is 9.53 Å².